The Hall–Kier alpha value is -0.810. The Morgan fingerprint density at radius 1 is 1.31 bits per heavy atom. The third-order valence-electron chi connectivity index (χ3n) is 1.87. The number of aromatic nitrogens is 2. The highest BCUT2D eigenvalue weighted by molar-refractivity contribution is 7.99. The van der Waals surface area contributed by atoms with Crippen LogP contribution < -0.4 is 5.32 Å². The lowest BCUT2D eigenvalue weighted by Gasteiger charge is -2.13. The number of nitrogens with one attached hydrogen (secondary N) is 1. The van der Waals surface area contributed by atoms with Gasteiger partial charge < -0.3 is 10.2 Å². The summed E-state index contributed by atoms with van der Waals surface area (Å²) in [6.45, 7) is 5.24. The van der Waals surface area contributed by atoms with Crippen molar-refractivity contribution in [2.24, 2.45) is 0 Å². The van der Waals surface area contributed by atoms with Gasteiger partial charge in [0.05, 0.1) is 0 Å². The normalized spacial score (nSPS) is 11.1. The SMILES string of the molecule is CC(C)Nc1nccnc1SCCN(C)C. The van der Waals surface area contributed by atoms with Crippen molar-refractivity contribution in [3.05, 3.63) is 12.4 Å². The average Bonchev–Trinajstić information content (AvgIpc) is 2.19. The maximum absolute atomic E-state index is 4.35. The van der Waals surface area contributed by atoms with Crippen LogP contribution in [0.1, 0.15) is 13.8 Å². The molecular formula is C11H20N4S. The predicted molar refractivity (Wildman–Crippen MR) is 70.1 cm³/mol. The summed E-state index contributed by atoms with van der Waals surface area (Å²) in [7, 11) is 4.15. The number of thioether (sulfide) groups is 1. The molecule has 0 fully saturated rings. The fourth-order valence-corrected chi connectivity index (χ4v) is 2.16. The molecule has 16 heavy (non-hydrogen) atoms. The van der Waals surface area contributed by atoms with Crippen molar-refractivity contribution in [3.8, 4) is 0 Å². The van der Waals surface area contributed by atoms with Crippen LogP contribution in [-0.4, -0.2) is 47.3 Å². The molecule has 0 spiro atoms. The standard InChI is InChI=1S/C11H20N4S/c1-9(2)14-10-11(13-6-5-12-10)16-8-7-15(3)4/h5-6,9H,7-8H2,1-4H3,(H,12,14). The van der Waals surface area contributed by atoms with Gasteiger partial charge in [0.2, 0.25) is 0 Å². The molecule has 0 unspecified atom stereocenters. The van der Waals surface area contributed by atoms with Gasteiger partial charge in [0.25, 0.3) is 0 Å². The molecule has 1 aromatic heterocycles. The molecule has 0 amide bonds. The van der Waals surface area contributed by atoms with Crippen LogP contribution in [0.2, 0.25) is 0 Å². The van der Waals surface area contributed by atoms with E-state index in [1.54, 1.807) is 24.2 Å². The molecule has 90 valence electrons. The molecular weight excluding hydrogens is 220 g/mol. The number of nitrogens with zero attached hydrogens (tertiary/aromatic N) is 3. The second-order valence-corrected chi connectivity index (χ2v) is 5.24. The molecule has 5 heteroatoms. The Kier molecular flexibility index (Phi) is 5.55. The van der Waals surface area contributed by atoms with E-state index < -0.39 is 0 Å². The van der Waals surface area contributed by atoms with Crippen LogP contribution in [0.15, 0.2) is 17.4 Å². The van der Waals surface area contributed by atoms with Crippen LogP contribution in [0.3, 0.4) is 0 Å². The molecule has 4 nitrogen and oxygen atoms in total. The molecule has 0 aliphatic heterocycles. The highest BCUT2D eigenvalue weighted by atomic mass is 32.2. The lowest BCUT2D eigenvalue weighted by molar-refractivity contribution is 0.437. The van der Waals surface area contributed by atoms with E-state index >= 15 is 0 Å². The lowest BCUT2D eigenvalue weighted by Crippen LogP contribution is -2.16. The zero-order chi connectivity index (χ0) is 12.0. The number of hydrogen-bond donors (Lipinski definition) is 1. The fraction of sp³-hybridized carbons (Fsp3) is 0.636. The van der Waals surface area contributed by atoms with Crippen LogP contribution in [0.5, 0.6) is 0 Å². The van der Waals surface area contributed by atoms with E-state index in [0.29, 0.717) is 6.04 Å². The van der Waals surface area contributed by atoms with E-state index in [1.807, 2.05) is 0 Å². The third-order valence-corrected chi connectivity index (χ3v) is 2.83. The Morgan fingerprint density at radius 2 is 2.00 bits per heavy atom. The number of anilines is 1. The predicted octanol–water partition coefficient (Wildman–Crippen LogP) is 1.95. The Bertz CT molecular complexity index is 315. The van der Waals surface area contributed by atoms with E-state index in [-0.39, 0.29) is 0 Å². The molecule has 1 rings (SSSR count). The maximum Gasteiger partial charge on any atom is 0.158 e. The molecule has 0 saturated carbocycles. The van der Waals surface area contributed by atoms with Crippen LogP contribution in [0.4, 0.5) is 5.82 Å². The molecule has 1 heterocycles. The first kappa shape index (κ1) is 13.3. The molecule has 1 N–H and O–H groups in total. The van der Waals surface area contributed by atoms with Gasteiger partial charge in [0, 0.05) is 30.7 Å². The largest absolute Gasteiger partial charge is 0.366 e. The van der Waals surface area contributed by atoms with Gasteiger partial charge in [-0.3, -0.25) is 0 Å². The van der Waals surface area contributed by atoms with Gasteiger partial charge in [-0.15, -0.1) is 11.8 Å². The van der Waals surface area contributed by atoms with E-state index in [0.717, 1.165) is 23.1 Å². The number of rotatable bonds is 6. The summed E-state index contributed by atoms with van der Waals surface area (Å²) in [5, 5.41) is 4.29. The monoisotopic (exact) mass is 240 g/mol. The smallest absolute Gasteiger partial charge is 0.158 e. The lowest BCUT2D eigenvalue weighted by atomic mass is 10.4. The molecule has 0 radical (unpaired) electrons. The minimum absolute atomic E-state index is 0.380. The highest BCUT2D eigenvalue weighted by Crippen LogP contribution is 2.22. The third kappa shape index (κ3) is 4.81. The molecule has 0 aromatic carbocycles. The summed E-state index contributed by atoms with van der Waals surface area (Å²) in [4.78, 5) is 10.8. The molecule has 0 aliphatic carbocycles. The van der Waals surface area contributed by atoms with Crippen LogP contribution >= 0.6 is 11.8 Å². The molecule has 0 bridgehead atoms. The van der Waals surface area contributed by atoms with Gasteiger partial charge >= 0.3 is 0 Å². The number of hydrogen-bond acceptors (Lipinski definition) is 5. The summed E-state index contributed by atoms with van der Waals surface area (Å²) < 4.78 is 0. The van der Waals surface area contributed by atoms with Crippen LogP contribution in [-0.2, 0) is 0 Å². The van der Waals surface area contributed by atoms with Gasteiger partial charge in [0.1, 0.15) is 5.03 Å². The summed E-state index contributed by atoms with van der Waals surface area (Å²) in [6, 6.07) is 0.380. The van der Waals surface area contributed by atoms with E-state index in [2.05, 4.69) is 48.1 Å². The Balaban J connectivity index is 2.56. The highest BCUT2D eigenvalue weighted by Gasteiger charge is 2.06. The minimum Gasteiger partial charge on any atom is -0.366 e. The van der Waals surface area contributed by atoms with Crippen molar-refractivity contribution < 1.29 is 0 Å². The van der Waals surface area contributed by atoms with Gasteiger partial charge in [-0.25, -0.2) is 9.97 Å². The van der Waals surface area contributed by atoms with Crippen molar-refractivity contribution in [3.63, 3.8) is 0 Å². The van der Waals surface area contributed by atoms with Crippen molar-refractivity contribution >= 4 is 17.6 Å². The van der Waals surface area contributed by atoms with Gasteiger partial charge in [-0.1, -0.05) is 0 Å². The Labute approximate surface area is 102 Å². The molecule has 0 atom stereocenters. The molecule has 0 aliphatic rings. The first-order chi connectivity index (χ1) is 7.59. The van der Waals surface area contributed by atoms with Crippen molar-refractivity contribution in [2.45, 2.75) is 24.9 Å². The van der Waals surface area contributed by atoms with Crippen LogP contribution in [0, 0.1) is 0 Å². The summed E-state index contributed by atoms with van der Waals surface area (Å²) in [5.74, 6) is 1.92. The molecule has 1 aromatic rings. The second kappa shape index (κ2) is 6.70. The van der Waals surface area contributed by atoms with Gasteiger partial charge in [0.15, 0.2) is 5.82 Å². The van der Waals surface area contributed by atoms with E-state index in [9.17, 15) is 0 Å². The van der Waals surface area contributed by atoms with Gasteiger partial charge in [-0.05, 0) is 27.9 Å². The maximum atomic E-state index is 4.35. The first-order valence-corrected chi connectivity index (χ1v) is 6.43. The summed E-state index contributed by atoms with van der Waals surface area (Å²) >= 11 is 1.74. The van der Waals surface area contributed by atoms with Crippen molar-refractivity contribution in [1.29, 1.82) is 0 Å². The Morgan fingerprint density at radius 3 is 2.62 bits per heavy atom. The minimum atomic E-state index is 0.380. The summed E-state index contributed by atoms with van der Waals surface area (Å²) in [6.07, 6.45) is 3.46. The topological polar surface area (TPSA) is 41.1 Å². The zero-order valence-corrected chi connectivity index (χ0v) is 11.2. The zero-order valence-electron chi connectivity index (χ0n) is 10.4. The second-order valence-electron chi connectivity index (χ2n) is 4.16. The fourth-order valence-electron chi connectivity index (χ4n) is 1.13. The van der Waals surface area contributed by atoms with E-state index in [4.69, 9.17) is 0 Å². The van der Waals surface area contributed by atoms with Gasteiger partial charge in [-0.2, -0.15) is 0 Å². The first-order valence-electron chi connectivity index (χ1n) is 5.44. The van der Waals surface area contributed by atoms with Crippen LogP contribution in [0.25, 0.3) is 0 Å². The molecule has 0 saturated heterocycles. The van der Waals surface area contributed by atoms with E-state index in [1.165, 1.54) is 0 Å². The summed E-state index contributed by atoms with van der Waals surface area (Å²) in [5.41, 5.74) is 0. The average molecular weight is 240 g/mol. The van der Waals surface area contributed by atoms with Crippen molar-refractivity contribution in [2.75, 3.05) is 31.7 Å². The quantitative estimate of drug-likeness (QED) is 0.770. The van der Waals surface area contributed by atoms with Crippen molar-refractivity contribution in [1.82, 2.24) is 14.9 Å².